The van der Waals surface area contributed by atoms with Gasteiger partial charge in [0.25, 0.3) is 0 Å². The molecule has 0 radical (unpaired) electrons. The van der Waals surface area contributed by atoms with Crippen molar-refractivity contribution in [3.63, 3.8) is 0 Å². The lowest BCUT2D eigenvalue weighted by Crippen LogP contribution is -2.40. The van der Waals surface area contributed by atoms with Gasteiger partial charge in [-0.15, -0.1) is 0 Å². The number of piperidine rings is 1. The van der Waals surface area contributed by atoms with Gasteiger partial charge >= 0.3 is 0 Å². The summed E-state index contributed by atoms with van der Waals surface area (Å²) in [6.45, 7) is 13.4. The summed E-state index contributed by atoms with van der Waals surface area (Å²) >= 11 is 0. The highest BCUT2D eigenvalue weighted by molar-refractivity contribution is 5.04. The van der Waals surface area contributed by atoms with Crippen LogP contribution in [-0.2, 0) is 12.1 Å². The molecule has 0 aliphatic carbocycles. The zero-order chi connectivity index (χ0) is 16.2. The molecular formula is C17H32N4O. The van der Waals surface area contributed by atoms with Crippen molar-refractivity contribution in [1.82, 2.24) is 20.0 Å². The summed E-state index contributed by atoms with van der Waals surface area (Å²) in [5, 5.41) is 17.4. The van der Waals surface area contributed by atoms with E-state index in [-0.39, 0.29) is 11.6 Å². The second-order valence-corrected chi connectivity index (χ2v) is 7.69. The van der Waals surface area contributed by atoms with Crippen LogP contribution in [0.5, 0.6) is 0 Å². The van der Waals surface area contributed by atoms with Crippen LogP contribution in [0.1, 0.15) is 46.1 Å². The maximum absolute atomic E-state index is 9.44. The lowest BCUT2D eigenvalue weighted by atomic mass is 9.96. The van der Waals surface area contributed by atoms with Crippen molar-refractivity contribution in [3.8, 4) is 0 Å². The zero-order valence-electron chi connectivity index (χ0n) is 14.5. The van der Waals surface area contributed by atoms with Gasteiger partial charge in [0.05, 0.1) is 17.8 Å². The molecule has 2 N–H and O–H groups in total. The molecule has 22 heavy (non-hydrogen) atoms. The molecule has 1 aromatic heterocycles. The van der Waals surface area contributed by atoms with Crippen LogP contribution in [0.2, 0.25) is 0 Å². The Hall–Kier alpha value is -0.910. The molecule has 1 aliphatic heterocycles. The van der Waals surface area contributed by atoms with Crippen LogP contribution in [0.4, 0.5) is 0 Å². The van der Waals surface area contributed by atoms with Crippen molar-refractivity contribution < 1.29 is 5.11 Å². The van der Waals surface area contributed by atoms with E-state index >= 15 is 0 Å². The van der Waals surface area contributed by atoms with Gasteiger partial charge in [-0.25, -0.2) is 0 Å². The Morgan fingerprint density at radius 2 is 2.05 bits per heavy atom. The summed E-state index contributed by atoms with van der Waals surface area (Å²) in [4.78, 5) is 2.37. The minimum absolute atomic E-state index is 0.0505. The third-order valence-electron chi connectivity index (χ3n) is 4.32. The molecule has 5 nitrogen and oxygen atoms in total. The second kappa shape index (κ2) is 7.57. The summed E-state index contributed by atoms with van der Waals surface area (Å²) in [7, 11) is 0. The Morgan fingerprint density at radius 3 is 2.59 bits per heavy atom. The first kappa shape index (κ1) is 17.4. The highest BCUT2D eigenvalue weighted by Crippen LogP contribution is 2.17. The van der Waals surface area contributed by atoms with Gasteiger partial charge in [-0.3, -0.25) is 4.68 Å². The molecule has 5 heteroatoms. The fraction of sp³-hybridized carbons (Fsp3) is 0.824. The third-order valence-corrected chi connectivity index (χ3v) is 4.32. The number of rotatable bonds is 6. The van der Waals surface area contributed by atoms with Gasteiger partial charge in [0.15, 0.2) is 0 Å². The van der Waals surface area contributed by atoms with E-state index in [1.807, 2.05) is 17.8 Å². The minimum Gasteiger partial charge on any atom is -0.392 e. The van der Waals surface area contributed by atoms with Gasteiger partial charge in [0, 0.05) is 24.8 Å². The number of hydrogen-bond donors (Lipinski definition) is 2. The number of β-amino-alcohol motifs (C(OH)–C–C–N with tert-alkyl or cyclic N) is 1. The molecule has 2 heterocycles. The van der Waals surface area contributed by atoms with Gasteiger partial charge in [-0.1, -0.05) is 0 Å². The Kier molecular flexibility index (Phi) is 6.01. The van der Waals surface area contributed by atoms with Crippen LogP contribution in [0.3, 0.4) is 0 Å². The first-order valence-electron chi connectivity index (χ1n) is 8.50. The fourth-order valence-electron chi connectivity index (χ4n) is 2.99. The van der Waals surface area contributed by atoms with E-state index in [9.17, 15) is 5.11 Å². The number of aliphatic hydroxyl groups excluding tert-OH is 1. The average molecular weight is 308 g/mol. The molecule has 0 bridgehead atoms. The maximum Gasteiger partial charge on any atom is 0.0639 e. The Labute approximate surface area is 134 Å². The van der Waals surface area contributed by atoms with E-state index in [0.29, 0.717) is 0 Å². The molecule has 0 amide bonds. The highest BCUT2D eigenvalue weighted by Gasteiger charge is 2.19. The molecule has 0 saturated carbocycles. The van der Waals surface area contributed by atoms with E-state index in [4.69, 9.17) is 0 Å². The van der Waals surface area contributed by atoms with Crippen LogP contribution in [0.15, 0.2) is 12.4 Å². The topological polar surface area (TPSA) is 53.3 Å². The Bertz CT molecular complexity index is 442. The highest BCUT2D eigenvalue weighted by atomic mass is 16.3. The molecule has 1 atom stereocenters. The molecule has 1 fully saturated rings. The standard InChI is InChI=1S/C17H32N4O/c1-14(22)12-20-7-5-15(6-8-20)9-18-10-16-11-19-21(13-16)17(2,3)4/h11,13-15,18,22H,5-10,12H2,1-4H3. The molecule has 1 saturated heterocycles. The molecule has 1 unspecified atom stereocenters. The predicted octanol–water partition coefficient (Wildman–Crippen LogP) is 1.82. The van der Waals surface area contributed by atoms with E-state index < -0.39 is 0 Å². The van der Waals surface area contributed by atoms with Crippen molar-refractivity contribution in [2.24, 2.45) is 5.92 Å². The Balaban J connectivity index is 1.66. The van der Waals surface area contributed by atoms with Crippen molar-refractivity contribution in [2.45, 2.75) is 58.7 Å². The molecule has 0 aromatic carbocycles. The van der Waals surface area contributed by atoms with Crippen LogP contribution in [-0.4, -0.2) is 52.1 Å². The average Bonchev–Trinajstić information content (AvgIpc) is 2.89. The van der Waals surface area contributed by atoms with E-state index in [2.05, 4.69) is 42.3 Å². The number of aliphatic hydroxyl groups is 1. The van der Waals surface area contributed by atoms with E-state index in [1.165, 1.54) is 18.4 Å². The van der Waals surface area contributed by atoms with Crippen molar-refractivity contribution in [1.29, 1.82) is 0 Å². The van der Waals surface area contributed by atoms with Gasteiger partial charge < -0.3 is 15.3 Å². The summed E-state index contributed by atoms with van der Waals surface area (Å²) in [6.07, 6.45) is 6.33. The normalized spacial score (nSPS) is 19.5. The molecule has 1 aromatic rings. The summed E-state index contributed by atoms with van der Waals surface area (Å²) in [5.74, 6) is 0.753. The largest absolute Gasteiger partial charge is 0.392 e. The number of nitrogens with zero attached hydrogens (tertiary/aromatic N) is 3. The zero-order valence-corrected chi connectivity index (χ0v) is 14.5. The van der Waals surface area contributed by atoms with Gasteiger partial charge in [0.2, 0.25) is 0 Å². The quantitative estimate of drug-likeness (QED) is 0.842. The fourth-order valence-corrected chi connectivity index (χ4v) is 2.99. The Morgan fingerprint density at radius 1 is 1.36 bits per heavy atom. The number of aromatic nitrogens is 2. The lowest BCUT2D eigenvalue weighted by molar-refractivity contribution is 0.0998. The monoisotopic (exact) mass is 308 g/mol. The van der Waals surface area contributed by atoms with Crippen LogP contribution < -0.4 is 5.32 Å². The van der Waals surface area contributed by atoms with E-state index in [0.717, 1.165) is 38.6 Å². The van der Waals surface area contributed by atoms with Crippen LogP contribution in [0, 0.1) is 5.92 Å². The lowest BCUT2D eigenvalue weighted by Gasteiger charge is -2.32. The molecule has 1 aliphatic rings. The minimum atomic E-state index is -0.214. The maximum atomic E-state index is 9.44. The third kappa shape index (κ3) is 5.38. The molecule has 126 valence electrons. The van der Waals surface area contributed by atoms with Crippen molar-refractivity contribution >= 4 is 0 Å². The van der Waals surface area contributed by atoms with Crippen molar-refractivity contribution in [3.05, 3.63) is 18.0 Å². The molecular weight excluding hydrogens is 276 g/mol. The number of likely N-dealkylation sites (tertiary alicyclic amines) is 1. The van der Waals surface area contributed by atoms with Crippen molar-refractivity contribution in [2.75, 3.05) is 26.2 Å². The summed E-state index contributed by atoms with van der Waals surface area (Å²) < 4.78 is 2.03. The first-order valence-corrected chi connectivity index (χ1v) is 8.50. The smallest absolute Gasteiger partial charge is 0.0639 e. The SMILES string of the molecule is CC(O)CN1CCC(CNCc2cnn(C(C)(C)C)c2)CC1. The first-order chi connectivity index (χ1) is 10.3. The van der Waals surface area contributed by atoms with Crippen LogP contribution in [0.25, 0.3) is 0 Å². The molecule has 0 spiro atoms. The van der Waals surface area contributed by atoms with Crippen LogP contribution >= 0.6 is 0 Å². The van der Waals surface area contributed by atoms with Gasteiger partial charge in [0.1, 0.15) is 0 Å². The second-order valence-electron chi connectivity index (χ2n) is 7.69. The summed E-state index contributed by atoms with van der Waals surface area (Å²) in [5.41, 5.74) is 1.30. The number of nitrogens with one attached hydrogen (secondary N) is 1. The summed E-state index contributed by atoms with van der Waals surface area (Å²) in [6, 6.07) is 0. The van der Waals surface area contributed by atoms with Gasteiger partial charge in [-0.05, 0) is 66.1 Å². The van der Waals surface area contributed by atoms with E-state index in [1.54, 1.807) is 0 Å². The predicted molar refractivity (Wildman–Crippen MR) is 89.8 cm³/mol. The molecule has 2 rings (SSSR count). The number of hydrogen-bond acceptors (Lipinski definition) is 4. The van der Waals surface area contributed by atoms with Gasteiger partial charge in [-0.2, -0.15) is 5.10 Å².